The van der Waals surface area contributed by atoms with Gasteiger partial charge in [0.05, 0.1) is 5.25 Å². The first-order chi connectivity index (χ1) is 13.5. The van der Waals surface area contributed by atoms with Gasteiger partial charge in [0.25, 0.3) is 0 Å². The number of primary amides is 1. The van der Waals surface area contributed by atoms with Crippen molar-refractivity contribution in [3.8, 4) is 0 Å². The number of carbonyl (C=O) groups excluding carboxylic acids is 3. The normalized spacial score (nSPS) is 12.1. The van der Waals surface area contributed by atoms with Gasteiger partial charge >= 0.3 is 0 Å². The Morgan fingerprint density at radius 3 is 1.97 bits per heavy atom. The Kier molecular flexibility index (Phi) is 7.45. The first kappa shape index (κ1) is 22.5. The Morgan fingerprint density at radius 2 is 1.45 bits per heavy atom. The van der Waals surface area contributed by atoms with Crippen molar-refractivity contribution in [2.45, 2.75) is 44.3 Å². The van der Waals surface area contributed by atoms with E-state index in [4.69, 9.17) is 5.73 Å². The molecule has 0 heterocycles. The third-order valence-electron chi connectivity index (χ3n) is 3.95. The molecule has 0 aliphatic rings. The summed E-state index contributed by atoms with van der Waals surface area (Å²) in [4.78, 5) is 36.4. The molecule has 0 saturated heterocycles. The minimum atomic E-state index is -0.509. The van der Waals surface area contributed by atoms with Crippen molar-refractivity contribution in [1.82, 2.24) is 0 Å². The summed E-state index contributed by atoms with van der Waals surface area (Å²) in [7, 11) is 0. The lowest BCUT2D eigenvalue weighted by Crippen LogP contribution is -2.22. The number of nitrogens with one attached hydrogen (secondary N) is 2. The van der Waals surface area contributed by atoms with Gasteiger partial charge in [-0.15, -0.1) is 11.8 Å². The van der Waals surface area contributed by atoms with Crippen LogP contribution in [0.3, 0.4) is 0 Å². The Labute approximate surface area is 175 Å². The predicted molar refractivity (Wildman–Crippen MR) is 118 cm³/mol. The van der Waals surface area contributed by atoms with E-state index in [9.17, 15) is 14.4 Å². The molecule has 0 aliphatic heterocycles. The monoisotopic (exact) mass is 413 g/mol. The molecule has 0 fully saturated rings. The highest BCUT2D eigenvalue weighted by Crippen LogP contribution is 2.26. The van der Waals surface area contributed by atoms with E-state index in [1.165, 1.54) is 11.8 Å². The molecule has 2 aromatic carbocycles. The molecular weight excluding hydrogens is 386 g/mol. The zero-order valence-electron chi connectivity index (χ0n) is 17.1. The lowest BCUT2D eigenvalue weighted by atomic mass is 9.92. The average molecular weight is 414 g/mol. The van der Waals surface area contributed by atoms with Crippen LogP contribution in [0.5, 0.6) is 0 Å². The minimum absolute atomic E-state index is 0.0204. The van der Waals surface area contributed by atoms with Crippen molar-refractivity contribution >= 4 is 40.9 Å². The Bertz CT molecular complexity index is 872. The van der Waals surface area contributed by atoms with Crippen molar-refractivity contribution in [1.29, 1.82) is 0 Å². The van der Waals surface area contributed by atoms with E-state index in [0.29, 0.717) is 17.7 Å². The maximum absolute atomic E-state index is 12.4. The third-order valence-corrected chi connectivity index (χ3v) is 5.06. The van der Waals surface area contributed by atoms with Crippen LogP contribution < -0.4 is 16.4 Å². The van der Waals surface area contributed by atoms with Gasteiger partial charge in [-0.2, -0.15) is 0 Å². The third kappa shape index (κ3) is 7.62. The zero-order chi connectivity index (χ0) is 21.6. The molecule has 6 nitrogen and oxygen atoms in total. The smallest absolute Gasteiger partial charge is 0.248 e. The van der Waals surface area contributed by atoms with Crippen molar-refractivity contribution in [2.75, 3.05) is 10.6 Å². The number of hydrogen-bond acceptors (Lipinski definition) is 4. The molecule has 4 N–H and O–H groups in total. The van der Waals surface area contributed by atoms with Crippen LogP contribution in [0, 0.1) is 5.41 Å². The average Bonchev–Trinajstić information content (AvgIpc) is 2.62. The van der Waals surface area contributed by atoms with Gasteiger partial charge < -0.3 is 16.4 Å². The maximum Gasteiger partial charge on any atom is 0.248 e. The molecule has 0 spiro atoms. The van der Waals surface area contributed by atoms with E-state index in [2.05, 4.69) is 10.6 Å². The molecule has 3 amide bonds. The quantitative estimate of drug-likeness (QED) is 0.590. The molecule has 1 atom stereocenters. The summed E-state index contributed by atoms with van der Waals surface area (Å²) in [6.45, 7) is 7.87. The molecule has 2 aromatic rings. The summed E-state index contributed by atoms with van der Waals surface area (Å²) < 4.78 is 0. The second kappa shape index (κ2) is 9.60. The highest BCUT2D eigenvalue weighted by Gasteiger charge is 2.17. The maximum atomic E-state index is 12.4. The van der Waals surface area contributed by atoms with Gasteiger partial charge in [-0.25, -0.2) is 0 Å². The topological polar surface area (TPSA) is 101 Å². The molecule has 0 aromatic heterocycles. The van der Waals surface area contributed by atoms with Gasteiger partial charge in [-0.3, -0.25) is 14.4 Å². The van der Waals surface area contributed by atoms with E-state index < -0.39 is 5.91 Å². The van der Waals surface area contributed by atoms with Crippen LogP contribution in [0.4, 0.5) is 11.4 Å². The number of hydrogen-bond donors (Lipinski definition) is 3. The number of benzene rings is 2. The fourth-order valence-electron chi connectivity index (χ4n) is 2.52. The number of amides is 3. The van der Waals surface area contributed by atoms with Crippen LogP contribution in [0.15, 0.2) is 53.4 Å². The van der Waals surface area contributed by atoms with Gasteiger partial charge in [0.2, 0.25) is 17.7 Å². The van der Waals surface area contributed by atoms with E-state index in [1.807, 2.05) is 52.0 Å². The van der Waals surface area contributed by atoms with Crippen LogP contribution in [-0.4, -0.2) is 23.0 Å². The molecular formula is C22H27N3O3S. The van der Waals surface area contributed by atoms with E-state index >= 15 is 0 Å². The van der Waals surface area contributed by atoms with E-state index in [1.54, 1.807) is 24.3 Å². The summed E-state index contributed by atoms with van der Waals surface area (Å²) >= 11 is 1.42. The fraction of sp³-hybridized carbons (Fsp3) is 0.318. The second-order valence-electron chi connectivity index (χ2n) is 8.00. The molecule has 7 heteroatoms. The van der Waals surface area contributed by atoms with Crippen LogP contribution in [0.25, 0.3) is 0 Å². The first-order valence-corrected chi connectivity index (χ1v) is 10.2. The molecule has 29 heavy (non-hydrogen) atoms. The van der Waals surface area contributed by atoms with Crippen LogP contribution in [-0.2, 0) is 9.59 Å². The Balaban J connectivity index is 1.89. The van der Waals surface area contributed by atoms with Crippen molar-refractivity contribution in [3.05, 3.63) is 54.1 Å². The molecule has 0 radical (unpaired) electrons. The highest BCUT2D eigenvalue weighted by molar-refractivity contribution is 8.00. The standard InChI is InChI=1S/C22H27N3O3S/c1-14(21(28)25-17-7-5-15(6-8-17)20(23)27)29-18-11-9-16(10-12-18)24-19(26)13-22(2,3)4/h5-12,14H,13H2,1-4H3,(H2,23,27)(H,24,26)(H,25,28). The number of rotatable bonds is 7. The molecule has 154 valence electrons. The van der Waals surface area contributed by atoms with Crippen LogP contribution in [0.2, 0.25) is 0 Å². The Morgan fingerprint density at radius 1 is 0.931 bits per heavy atom. The van der Waals surface area contributed by atoms with Crippen LogP contribution >= 0.6 is 11.8 Å². The summed E-state index contributed by atoms with van der Waals surface area (Å²) in [5, 5.41) is 5.38. The Hall–Kier alpha value is -2.80. The number of nitrogens with two attached hydrogens (primary N) is 1. The van der Waals surface area contributed by atoms with Gasteiger partial charge in [-0.05, 0) is 60.9 Å². The summed E-state index contributed by atoms with van der Waals surface area (Å²) in [6, 6.07) is 13.8. The molecule has 0 aliphatic carbocycles. The zero-order valence-corrected chi connectivity index (χ0v) is 17.9. The molecule has 2 rings (SSSR count). The summed E-state index contributed by atoms with van der Waals surface area (Å²) in [6.07, 6.45) is 0.446. The number of carbonyl (C=O) groups is 3. The lowest BCUT2D eigenvalue weighted by Gasteiger charge is -2.17. The van der Waals surface area contributed by atoms with Crippen molar-refractivity contribution < 1.29 is 14.4 Å². The molecule has 0 bridgehead atoms. The SMILES string of the molecule is CC(Sc1ccc(NC(=O)CC(C)(C)C)cc1)C(=O)Nc1ccc(C(N)=O)cc1. The fourth-order valence-corrected chi connectivity index (χ4v) is 3.39. The summed E-state index contributed by atoms with van der Waals surface area (Å²) in [5.41, 5.74) is 6.87. The minimum Gasteiger partial charge on any atom is -0.366 e. The molecule has 0 saturated carbocycles. The van der Waals surface area contributed by atoms with Gasteiger partial charge in [0.1, 0.15) is 0 Å². The second-order valence-corrected chi connectivity index (χ2v) is 9.42. The predicted octanol–water partition coefficient (Wildman–Crippen LogP) is 4.28. The number of thioether (sulfide) groups is 1. The van der Waals surface area contributed by atoms with Crippen molar-refractivity contribution in [2.24, 2.45) is 11.1 Å². The summed E-state index contributed by atoms with van der Waals surface area (Å²) in [5.74, 6) is -0.678. The highest BCUT2D eigenvalue weighted by atomic mass is 32.2. The van der Waals surface area contributed by atoms with E-state index in [0.717, 1.165) is 10.6 Å². The largest absolute Gasteiger partial charge is 0.366 e. The van der Waals surface area contributed by atoms with Crippen molar-refractivity contribution in [3.63, 3.8) is 0 Å². The molecule has 1 unspecified atom stereocenters. The first-order valence-electron chi connectivity index (χ1n) is 9.31. The van der Waals surface area contributed by atoms with E-state index in [-0.39, 0.29) is 22.5 Å². The number of anilines is 2. The van der Waals surface area contributed by atoms with Gasteiger partial charge in [-0.1, -0.05) is 20.8 Å². The van der Waals surface area contributed by atoms with Gasteiger partial charge in [0.15, 0.2) is 0 Å². The van der Waals surface area contributed by atoms with Gasteiger partial charge in [0, 0.05) is 28.3 Å². The van der Waals surface area contributed by atoms with Crippen LogP contribution in [0.1, 0.15) is 44.5 Å². The lowest BCUT2D eigenvalue weighted by molar-refractivity contribution is -0.118.